The maximum atomic E-state index is 12.7. The quantitative estimate of drug-likeness (QED) is 0.662. The molecular formula is C19H16Cl2N2O2. The molecule has 3 rings (SSSR count). The summed E-state index contributed by atoms with van der Waals surface area (Å²) in [5, 5.41) is 4.61. The number of hydrogen-bond acceptors (Lipinski definition) is 3. The molecule has 1 N–H and O–H groups in total. The molecule has 1 amide bonds. The van der Waals surface area contributed by atoms with Gasteiger partial charge in [0, 0.05) is 12.0 Å². The van der Waals surface area contributed by atoms with Crippen LogP contribution in [0.25, 0.3) is 10.9 Å². The number of hydrogen-bond donors (Lipinski definition) is 1. The number of carbonyl (C=O) groups excluding carboxylic acids is 1. The van der Waals surface area contributed by atoms with Gasteiger partial charge in [0.05, 0.1) is 27.4 Å². The molecule has 6 heteroatoms. The number of amides is 1. The first kappa shape index (κ1) is 17.7. The fraction of sp³-hybridized carbons (Fsp3) is 0.158. The zero-order valence-corrected chi connectivity index (χ0v) is 15.0. The number of rotatable bonds is 5. The number of ether oxygens (including phenoxy) is 1. The number of anilines is 1. The summed E-state index contributed by atoms with van der Waals surface area (Å²) in [6.45, 7) is 2.21. The van der Waals surface area contributed by atoms with E-state index in [1.165, 1.54) is 0 Å². The SMILES string of the molecule is CCOC(C(=O)Nc1cnc2ccccc2c1)c1ccc(Cl)c(Cl)c1. The zero-order chi connectivity index (χ0) is 17.8. The van der Waals surface area contributed by atoms with Crippen molar-refractivity contribution in [2.24, 2.45) is 0 Å². The highest BCUT2D eigenvalue weighted by molar-refractivity contribution is 6.42. The summed E-state index contributed by atoms with van der Waals surface area (Å²) in [7, 11) is 0. The lowest BCUT2D eigenvalue weighted by atomic mass is 10.1. The van der Waals surface area contributed by atoms with Gasteiger partial charge in [-0.25, -0.2) is 0 Å². The average Bonchev–Trinajstić information content (AvgIpc) is 2.62. The van der Waals surface area contributed by atoms with Crippen LogP contribution in [0.3, 0.4) is 0 Å². The molecule has 0 aliphatic rings. The average molecular weight is 375 g/mol. The molecular weight excluding hydrogens is 359 g/mol. The Kier molecular flexibility index (Phi) is 5.53. The van der Waals surface area contributed by atoms with E-state index in [1.54, 1.807) is 24.4 Å². The molecule has 2 aromatic carbocycles. The number of para-hydroxylation sites is 1. The summed E-state index contributed by atoms with van der Waals surface area (Å²) in [6.07, 6.45) is 0.837. The number of aromatic nitrogens is 1. The lowest BCUT2D eigenvalue weighted by molar-refractivity contribution is -0.127. The van der Waals surface area contributed by atoms with Gasteiger partial charge in [-0.1, -0.05) is 47.5 Å². The highest BCUT2D eigenvalue weighted by Crippen LogP contribution is 2.28. The van der Waals surface area contributed by atoms with Gasteiger partial charge in [-0.3, -0.25) is 9.78 Å². The van der Waals surface area contributed by atoms with Crippen molar-refractivity contribution in [1.82, 2.24) is 4.98 Å². The van der Waals surface area contributed by atoms with E-state index in [0.29, 0.717) is 27.9 Å². The fourth-order valence-corrected chi connectivity index (χ4v) is 2.82. The molecule has 0 radical (unpaired) electrons. The predicted octanol–water partition coefficient (Wildman–Crippen LogP) is 5.26. The van der Waals surface area contributed by atoms with E-state index < -0.39 is 6.10 Å². The summed E-state index contributed by atoms with van der Waals surface area (Å²) in [5.41, 5.74) is 2.11. The first-order valence-electron chi connectivity index (χ1n) is 7.80. The van der Waals surface area contributed by atoms with Gasteiger partial charge in [0.25, 0.3) is 5.91 Å². The van der Waals surface area contributed by atoms with E-state index in [4.69, 9.17) is 27.9 Å². The second-order valence-corrected chi connectivity index (χ2v) is 6.23. The van der Waals surface area contributed by atoms with Crippen LogP contribution in [-0.2, 0) is 9.53 Å². The molecule has 1 heterocycles. The van der Waals surface area contributed by atoms with E-state index in [2.05, 4.69) is 10.3 Å². The van der Waals surface area contributed by atoms with Gasteiger partial charge in [0.2, 0.25) is 0 Å². The number of benzene rings is 2. The summed E-state index contributed by atoms with van der Waals surface area (Å²) in [4.78, 5) is 17.0. The minimum Gasteiger partial charge on any atom is -0.364 e. The monoisotopic (exact) mass is 374 g/mol. The zero-order valence-electron chi connectivity index (χ0n) is 13.5. The molecule has 1 unspecified atom stereocenters. The Morgan fingerprint density at radius 3 is 2.72 bits per heavy atom. The Hall–Kier alpha value is -2.14. The number of pyridine rings is 1. The molecule has 0 aliphatic carbocycles. The Balaban J connectivity index is 1.85. The van der Waals surface area contributed by atoms with Crippen LogP contribution >= 0.6 is 23.2 Å². The minimum atomic E-state index is -0.786. The van der Waals surface area contributed by atoms with Crippen LogP contribution in [-0.4, -0.2) is 17.5 Å². The van der Waals surface area contributed by atoms with Crippen molar-refractivity contribution in [1.29, 1.82) is 0 Å². The molecule has 0 saturated carbocycles. The third kappa shape index (κ3) is 4.10. The van der Waals surface area contributed by atoms with E-state index >= 15 is 0 Å². The van der Waals surface area contributed by atoms with E-state index in [-0.39, 0.29) is 5.91 Å². The fourth-order valence-electron chi connectivity index (χ4n) is 2.51. The van der Waals surface area contributed by atoms with Crippen molar-refractivity contribution >= 4 is 45.7 Å². The second kappa shape index (κ2) is 7.83. The van der Waals surface area contributed by atoms with Crippen molar-refractivity contribution in [3.05, 3.63) is 70.3 Å². The Morgan fingerprint density at radius 1 is 1.16 bits per heavy atom. The number of carbonyl (C=O) groups is 1. The molecule has 0 aliphatic heterocycles. The third-order valence-electron chi connectivity index (χ3n) is 3.68. The van der Waals surface area contributed by atoms with Crippen LogP contribution in [0.1, 0.15) is 18.6 Å². The maximum absolute atomic E-state index is 12.7. The van der Waals surface area contributed by atoms with E-state index in [9.17, 15) is 4.79 Å². The molecule has 1 atom stereocenters. The van der Waals surface area contributed by atoms with Crippen LogP contribution in [0.15, 0.2) is 54.7 Å². The Labute approximate surface area is 155 Å². The lowest BCUT2D eigenvalue weighted by Gasteiger charge is -2.18. The van der Waals surface area contributed by atoms with Crippen LogP contribution in [0, 0.1) is 0 Å². The number of nitrogens with one attached hydrogen (secondary N) is 1. The van der Waals surface area contributed by atoms with Gasteiger partial charge in [0.15, 0.2) is 6.10 Å². The van der Waals surface area contributed by atoms with Crippen molar-refractivity contribution in [3.8, 4) is 0 Å². The summed E-state index contributed by atoms with van der Waals surface area (Å²) in [5.74, 6) is -0.294. The van der Waals surface area contributed by atoms with Crippen LogP contribution in [0.4, 0.5) is 5.69 Å². The molecule has 128 valence electrons. The summed E-state index contributed by atoms with van der Waals surface area (Å²) < 4.78 is 5.61. The Morgan fingerprint density at radius 2 is 1.96 bits per heavy atom. The lowest BCUT2D eigenvalue weighted by Crippen LogP contribution is -2.23. The second-order valence-electron chi connectivity index (χ2n) is 5.41. The van der Waals surface area contributed by atoms with Crippen molar-refractivity contribution in [3.63, 3.8) is 0 Å². The molecule has 0 spiro atoms. The van der Waals surface area contributed by atoms with E-state index in [1.807, 2.05) is 37.3 Å². The maximum Gasteiger partial charge on any atom is 0.258 e. The standard InChI is InChI=1S/C19H16Cl2N2O2/c1-2-25-18(13-7-8-15(20)16(21)10-13)19(24)23-14-9-12-5-3-4-6-17(12)22-11-14/h3-11,18H,2H2,1H3,(H,23,24). The first-order chi connectivity index (χ1) is 12.1. The number of fused-ring (bicyclic) bond motifs is 1. The number of halogens is 2. The van der Waals surface area contributed by atoms with Crippen LogP contribution in [0.5, 0.6) is 0 Å². The van der Waals surface area contributed by atoms with E-state index in [0.717, 1.165) is 10.9 Å². The molecule has 4 nitrogen and oxygen atoms in total. The normalized spacial score (nSPS) is 12.1. The molecule has 0 fully saturated rings. The summed E-state index contributed by atoms with van der Waals surface area (Å²) in [6, 6.07) is 14.6. The molecule has 0 saturated heterocycles. The van der Waals surface area contributed by atoms with Crippen molar-refractivity contribution in [2.45, 2.75) is 13.0 Å². The third-order valence-corrected chi connectivity index (χ3v) is 4.41. The van der Waals surface area contributed by atoms with Crippen molar-refractivity contribution in [2.75, 3.05) is 11.9 Å². The van der Waals surface area contributed by atoms with Gasteiger partial charge < -0.3 is 10.1 Å². The molecule has 0 bridgehead atoms. The molecule has 1 aromatic heterocycles. The molecule has 25 heavy (non-hydrogen) atoms. The van der Waals surface area contributed by atoms with Gasteiger partial charge in [-0.05, 0) is 36.8 Å². The van der Waals surface area contributed by atoms with Crippen LogP contribution < -0.4 is 5.32 Å². The van der Waals surface area contributed by atoms with Crippen LogP contribution in [0.2, 0.25) is 10.0 Å². The highest BCUT2D eigenvalue weighted by atomic mass is 35.5. The highest BCUT2D eigenvalue weighted by Gasteiger charge is 2.22. The topological polar surface area (TPSA) is 51.2 Å². The molecule has 3 aromatic rings. The van der Waals surface area contributed by atoms with Crippen molar-refractivity contribution < 1.29 is 9.53 Å². The van der Waals surface area contributed by atoms with Gasteiger partial charge >= 0.3 is 0 Å². The number of nitrogens with zero attached hydrogens (tertiary/aromatic N) is 1. The van der Waals surface area contributed by atoms with Gasteiger partial charge in [0.1, 0.15) is 0 Å². The minimum absolute atomic E-state index is 0.294. The Bertz CT molecular complexity index is 915. The first-order valence-corrected chi connectivity index (χ1v) is 8.56. The predicted molar refractivity (Wildman–Crippen MR) is 101 cm³/mol. The smallest absolute Gasteiger partial charge is 0.258 e. The van der Waals surface area contributed by atoms with Gasteiger partial charge in [-0.15, -0.1) is 0 Å². The largest absolute Gasteiger partial charge is 0.364 e. The summed E-state index contributed by atoms with van der Waals surface area (Å²) >= 11 is 12.0. The van der Waals surface area contributed by atoms with Gasteiger partial charge in [-0.2, -0.15) is 0 Å².